The van der Waals surface area contributed by atoms with Crippen molar-refractivity contribution in [1.82, 2.24) is 0 Å². The average molecular weight is 233 g/mol. The minimum Gasteiger partial charge on any atom is -0.348 e. The van der Waals surface area contributed by atoms with E-state index in [1.54, 1.807) is 0 Å². The highest BCUT2D eigenvalue weighted by Crippen LogP contribution is 2.27. The van der Waals surface area contributed by atoms with Gasteiger partial charge in [0.05, 0.1) is 12.7 Å². The van der Waals surface area contributed by atoms with Gasteiger partial charge in [0.15, 0.2) is 6.29 Å². The molecule has 1 aliphatic rings. The van der Waals surface area contributed by atoms with Gasteiger partial charge < -0.3 is 9.47 Å². The second-order valence-electron chi connectivity index (χ2n) is 3.90. The van der Waals surface area contributed by atoms with Gasteiger partial charge in [0.25, 0.3) is 0 Å². The monoisotopic (exact) mass is 233 g/mol. The number of ether oxygens (including phenoxy) is 2. The van der Waals surface area contributed by atoms with Crippen molar-refractivity contribution in [2.75, 3.05) is 13.2 Å². The Labute approximate surface area is 100.0 Å². The molecular formula is C12H15N3O2. The molecule has 90 valence electrons. The third kappa shape index (κ3) is 3.46. The van der Waals surface area contributed by atoms with E-state index >= 15 is 0 Å². The molecule has 5 nitrogen and oxygen atoms in total. The minimum atomic E-state index is -0.291. The molecule has 5 heteroatoms. The van der Waals surface area contributed by atoms with Crippen LogP contribution in [0.1, 0.15) is 24.7 Å². The summed E-state index contributed by atoms with van der Waals surface area (Å²) in [4.78, 5) is 2.74. The zero-order valence-corrected chi connectivity index (χ0v) is 9.53. The van der Waals surface area contributed by atoms with Gasteiger partial charge in [0, 0.05) is 17.0 Å². The maximum Gasteiger partial charge on any atom is 0.184 e. The molecule has 1 fully saturated rings. The fraction of sp³-hybridized carbons (Fsp3) is 0.500. The van der Waals surface area contributed by atoms with Crippen molar-refractivity contribution < 1.29 is 9.47 Å². The van der Waals surface area contributed by atoms with Crippen molar-refractivity contribution >= 4 is 0 Å². The first-order valence-corrected chi connectivity index (χ1v) is 5.73. The van der Waals surface area contributed by atoms with E-state index in [0.717, 1.165) is 18.4 Å². The molecule has 0 radical (unpaired) electrons. The van der Waals surface area contributed by atoms with Gasteiger partial charge in [-0.25, -0.2) is 0 Å². The smallest absolute Gasteiger partial charge is 0.184 e. The lowest BCUT2D eigenvalue weighted by atomic mass is 10.1. The summed E-state index contributed by atoms with van der Waals surface area (Å²) in [6, 6.07) is 9.86. The Balaban J connectivity index is 1.91. The molecule has 1 aromatic carbocycles. The summed E-state index contributed by atoms with van der Waals surface area (Å²) in [6.45, 7) is 1.16. The Morgan fingerprint density at radius 3 is 2.94 bits per heavy atom. The molecule has 1 aliphatic heterocycles. The standard InChI is InChI=1S/C12H15N3O2/c13-15-14-8-6-11-7-9-16-12(17-11)10-4-2-1-3-5-10/h1-5,11-12H,6-9H2/t11-,12+/m1/s1. The molecule has 1 aromatic rings. The maximum atomic E-state index is 8.22. The van der Waals surface area contributed by atoms with Gasteiger partial charge in [-0.15, -0.1) is 0 Å². The Bertz CT molecular complexity index is 390. The van der Waals surface area contributed by atoms with Crippen LogP contribution >= 0.6 is 0 Å². The lowest BCUT2D eigenvalue weighted by molar-refractivity contribution is -0.217. The highest BCUT2D eigenvalue weighted by atomic mass is 16.7. The van der Waals surface area contributed by atoms with Crippen molar-refractivity contribution in [3.05, 3.63) is 46.3 Å². The summed E-state index contributed by atoms with van der Waals surface area (Å²) < 4.78 is 11.4. The van der Waals surface area contributed by atoms with E-state index in [0.29, 0.717) is 13.2 Å². The van der Waals surface area contributed by atoms with Crippen LogP contribution in [0.25, 0.3) is 10.4 Å². The summed E-state index contributed by atoms with van der Waals surface area (Å²) >= 11 is 0. The largest absolute Gasteiger partial charge is 0.348 e. The van der Waals surface area contributed by atoms with Gasteiger partial charge in [-0.05, 0) is 18.4 Å². The van der Waals surface area contributed by atoms with Crippen LogP contribution in [-0.2, 0) is 9.47 Å². The SMILES string of the molecule is [N-]=[N+]=NCC[C@@H]1CCO[C@H](c2ccccc2)O1. The van der Waals surface area contributed by atoms with E-state index < -0.39 is 0 Å². The number of azide groups is 1. The van der Waals surface area contributed by atoms with Crippen molar-refractivity contribution in [3.63, 3.8) is 0 Å². The van der Waals surface area contributed by atoms with Gasteiger partial charge in [0.2, 0.25) is 0 Å². The van der Waals surface area contributed by atoms with E-state index in [2.05, 4.69) is 10.0 Å². The molecule has 2 atom stereocenters. The first-order chi connectivity index (χ1) is 8.40. The third-order valence-electron chi connectivity index (χ3n) is 2.71. The summed E-state index contributed by atoms with van der Waals surface area (Å²) in [5, 5.41) is 3.52. The van der Waals surface area contributed by atoms with Crippen LogP contribution in [-0.4, -0.2) is 19.3 Å². The Kier molecular flexibility index (Phi) is 4.38. The van der Waals surface area contributed by atoms with Gasteiger partial charge in [-0.3, -0.25) is 0 Å². The lowest BCUT2D eigenvalue weighted by Crippen LogP contribution is -2.27. The Hall–Kier alpha value is -1.55. The van der Waals surface area contributed by atoms with Crippen LogP contribution in [0, 0.1) is 0 Å². The summed E-state index contributed by atoms with van der Waals surface area (Å²) in [5.74, 6) is 0. The van der Waals surface area contributed by atoms with E-state index in [1.807, 2.05) is 30.3 Å². The fourth-order valence-corrected chi connectivity index (χ4v) is 1.83. The quantitative estimate of drug-likeness (QED) is 0.455. The fourth-order valence-electron chi connectivity index (χ4n) is 1.83. The zero-order valence-electron chi connectivity index (χ0n) is 9.53. The number of hydrogen-bond acceptors (Lipinski definition) is 3. The first-order valence-electron chi connectivity index (χ1n) is 5.73. The molecule has 0 bridgehead atoms. The van der Waals surface area contributed by atoms with Gasteiger partial charge in [-0.2, -0.15) is 0 Å². The van der Waals surface area contributed by atoms with Crippen LogP contribution in [0.3, 0.4) is 0 Å². The van der Waals surface area contributed by atoms with Crippen molar-refractivity contribution in [1.29, 1.82) is 0 Å². The maximum absolute atomic E-state index is 8.22. The molecule has 17 heavy (non-hydrogen) atoms. The molecule has 0 unspecified atom stereocenters. The van der Waals surface area contributed by atoms with Crippen molar-refractivity contribution in [2.24, 2.45) is 5.11 Å². The molecule has 0 aromatic heterocycles. The Morgan fingerprint density at radius 1 is 1.35 bits per heavy atom. The number of nitrogens with zero attached hydrogens (tertiary/aromatic N) is 3. The predicted octanol–water partition coefficient (Wildman–Crippen LogP) is 3.19. The predicted molar refractivity (Wildman–Crippen MR) is 63.3 cm³/mol. The minimum absolute atomic E-state index is 0.111. The van der Waals surface area contributed by atoms with Gasteiger partial charge in [-0.1, -0.05) is 35.4 Å². The van der Waals surface area contributed by atoms with Crippen LogP contribution in [0.15, 0.2) is 35.4 Å². The second-order valence-corrected chi connectivity index (χ2v) is 3.90. The van der Waals surface area contributed by atoms with E-state index in [-0.39, 0.29) is 12.4 Å². The molecule has 1 saturated heterocycles. The average Bonchev–Trinajstić information content (AvgIpc) is 2.41. The molecule has 0 saturated carbocycles. The van der Waals surface area contributed by atoms with Gasteiger partial charge >= 0.3 is 0 Å². The Morgan fingerprint density at radius 2 is 2.18 bits per heavy atom. The zero-order chi connectivity index (χ0) is 11.9. The van der Waals surface area contributed by atoms with Crippen LogP contribution in [0.4, 0.5) is 0 Å². The number of hydrogen-bond donors (Lipinski definition) is 0. The summed E-state index contributed by atoms with van der Waals surface area (Å²) in [5.41, 5.74) is 9.25. The van der Waals surface area contributed by atoms with Crippen LogP contribution in [0.5, 0.6) is 0 Å². The highest BCUT2D eigenvalue weighted by Gasteiger charge is 2.23. The van der Waals surface area contributed by atoms with E-state index in [9.17, 15) is 0 Å². The normalized spacial score (nSPS) is 24.0. The van der Waals surface area contributed by atoms with E-state index in [4.69, 9.17) is 15.0 Å². The molecular weight excluding hydrogens is 218 g/mol. The van der Waals surface area contributed by atoms with E-state index in [1.165, 1.54) is 0 Å². The van der Waals surface area contributed by atoms with Crippen molar-refractivity contribution in [3.8, 4) is 0 Å². The first kappa shape index (κ1) is 11.9. The molecule has 0 N–H and O–H groups in total. The molecule has 1 heterocycles. The number of rotatable bonds is 4. The van der Waals surface area contributed by atoms with Crippen LogP contribution in [0.2, 0.25) is 0 Å². The lowest BCUT2D eigenvalue weighted by Gasteiger charge is -2.30. The van der Waals surface area contributed by atoms with Crippen molar-refractivity contribution in [2.45, 2.75) is 25.2 Å². The molecule has 0 amide bonds. The summed E-state index contributed by atoms with van der Waals surface area (Å²) in [6.07, 6.45) is 1.42. The van der Waals surface area contributed by atoms with Crippen LogP contribution < -0.4 is 0 Å². The molecule has 2 rings (SSSR count). The van der Waals surface area contributed by atoms with Gasteiger partial charge in [0.1, 0.15) is 0 Å². The second kappa shape index (κ2) is 6.25. The highest BCUT2D eigenvalue weighted by molar-refractivity contribution is 5.16. The topological polar surface area (TPSA) is 67.2 Å². The number of benzene rings is 1. The summed E-state index contributed by atoms with van der Waals surface area (Å²) in [7, 11) is 0. The molecule has 0 aliphatic carbocycles. The third-order valence-corrected chi connectivity index (χ3v) is 2.71. The molecule has 0 spiro atoms.